The Bertz CT molecular complexity index is 610. The third-order valence-electron chi connectivity index (χ3n) is 3.42. The van der Waals surface area contributed by atoms with Crippen molar-refractivity contribution in [3.8, 4) is 0 Å². The number of aromatic nitrogens is 1. The lowest BCUT2D eigenvalue weighted by atomic mass is 10.1. The third kappa shape index (κ3) is 2.63. The summed E-state index contributed by atoms with van der Waals surface area (Å²) in [6.07, 6.45) is 4.03. The van der Waals surface area contributed by atoms with Gasteiger partial charge in [-0.15, -0.1) is 0 Å². The van der Waals surface area contributed by atoms with Crippen LogP contribution in [-0.2, 0) is 0 Å². The minimum Gasteiger partial charge on any atom is -0.335 e. The lowest BCUT2D eigenvalue weighted by Crippen LogP contribution is -2.34. The molecule has 1 heterocycles. The molecular formula is C15H15BrN2O. The topological polar surface area (TPSA) is 33.2 Å². The molecule has 3 rings (SSSR count). The van der Waals surface area contributed by atoms with Crippen LogP contribution in [0.2, 0.25) is 0 Å². The first-order valence-electron chi connectivity index (χ1n) is 6.51. The van der Waals surface area contributed by atoms with Crippen molar-refractivity contribution >= 4 is 32.7 Å². The van der Waals surface area contributed by atoms with Crippen molar-refractivity contribution in [2.24, 2.45) is 0 Å². The maximum Gasteiger partial charge on any atom is 0.254 e. The summed E-state index contributed by atoms with van der Waals surface area (Å²) in [4.78, 5) is 18.8. The molecule has 1 fully saturated rings. The summed E-state index contributed by atoms with van der Waals surface area (Å²) in [5.74, 6) is 0.132. The van der Waals surface area contributed by atoms with E-state index < -0.39 is 0 Å². The Morgan fingerprint density at radius 1 is 1.37 bits per heavy atom. The van der Waals surface area contributed by atoms with E-state index in [-0.39, 0.29) is 5.91 Å². The number of carbonyl (C=O) groups is 1. The van der Waals surface area contributed by atoms with Crippen LogP contribution in [0.5, 0.6) is 0 Å². The van der Waals surface area contributed by atoms with Gasteiger partial charge in [-0.1, -0.05) is 22.0 Å². The molecule has 1 aliphatic carbocycles. The maximum absolute atomic E-state index is 12.5. The Labute approximate surface area is 120 Å². The van der Waals surface area contributed by atoms with E-state index in [1.54, 1.807) is 6.20 Å². The molecule has 1 saturated carbocycles. The van der Waals surface area contributed by atoms with Gasteiger partial charge in [0, 0.05) is 35.1 Å². The van der Waals surface area contributed by atoms with E-state index in [0.29, 0.717) is 6.04 Å². The van der Waals surface area contributed by atoms with E-state index >= 15 is 0 Å². The zero-order chi connectivity index (χ0) is 13.2. The zero-order valence-electron chi connectivity index (χ0n) is 10.6. The summed E-state index contributed by atoms with van der Waals surface area (Å²) in [6, 6.07) is 10.1. The van der Waals surface area contributed by atoms with Crippen molar-refractivity contribution < 1.29 is 4.79 Å². The number of alkyl halides is 1. The van der Waals surface area contributed by atoms with Gasteiger partial charge in [-0.2, -0.15) is 0 Å². The second-order valence-electron chi connectivity index (χ2n) is 4.83. The first-order chi connectivity index (χ1) is 9.29. The number of nitrogens with zero attached hydrogens (tertiary/aromatic N) is 2. The molecule has 1 amide bonds. The molecule has 0 unspecified atom stereocenters. The fourth-order valence-corrected chi connectivity index (χ4v) is 2.68. The van der Waals surface area contributed by atoms with Crippen LogP contribution in [-0.4, -0.2) is 33.7 Å². The van der Waals surface area contributed by atoms with E-state index in [4.69, 9.17) is 0 Å². The standard InChI is InChI=1S/C15H15BrN2O/c16-7-9-18(13-4-5-13)15(19)12-3-6-14-11(10-12)2-1-8-17-14/h1-3,6,8,10,13H,4-5,7,9H2. The third-order valence-corrected chi connectivity index (χ3v) is 3.78. The number of hydrogen-bond donors (Lipinski definition) is 0. The fourth-order valence-electron chi connectivity index (χ4n) is 2.30. The van der Waals surface area contributed by atoms with Crippen LogP contribution in [0.1, 0.15) is 23.2 Å². The Morgan fingerprint density at radius 3 is 2.95 bits per heavy atom. The second kappa shape index (κ2) is 5.29. The molecule has 4 heteroatoms. The van der Waals surface area contributed by atoms with Crippen LogP contribution in [0.4, 0.5) is 0 Å². The lowest BCUT2D eigenvalue weighted by molar-refractivity contribution is 0.0755. The highest BCUT2D eigenvalue weighted by Crippen LogP contribution is 2.28. The van der Waals surface area contributed by atoms with Gasteiger partial charge in [0.05, 0.1) is 5.52 Å². The summed E-state index contributed by atoms with van der Waals surface area (Å²) >= 11 is 3.42. The first kappa shape index (κ1) is 12.6. The highest BCUT2D eigenvalue weighted by atomic mass is 79.9. The second-order valence-corrected chi connectivity index (χ2v) is 5.62. The van der Waals surface area contributed by atoms with Crippen molar-refractivity contribution in [3.63, 3.8) is 0 Å². The number of rotatable bonds is 4. The molecular weight excluding hydrogens is 304 g/mol. The number of fused-ring (bicyclic) bond motifs is 1. The van der Waals surface area contributed by atoms with Crippen LogP contribution in [0.15, 0.2) is 36.5 Å². The average Bonchev–Trinajstić information content (AvgIpc) is 3.28. The molecule has 1 aliphatic rings. The Kier molecular flexibility index (Phi) is 3.51. The SMILES string of the molecule is O=C(c1ccc2ncccc2c1)N(CCBr)C1CC1. The van der Waals surface area contributed by atoms with Crippen molar-refractivity contribution in [1.82, 2.24) is 9.88 Å². The number of carbonyl (C=O) groups excluding carboxylic acids is 1. The minimum atomic E-state index is 0.132. The normalized spacial score (nSPS) is 14.6. The van der Waals surface area contributed by atoms with E-state index in [2.05, 4.69) is 20.9 Å². The van der Waals surface area contributed by atoms with Crippen molar-refractivity contribution in [1.29, 1.82) is 0 Å². The summed E-state index contributed by atoms with van der Waals surface area (Å²) in [5.41, 5.74) is 1.69. The quantitative estimate of drug-likeness (QED) is 0.811. The van der Waals surface area contributed by atoms with Gasteiger partial charge in [-0.3, -0.25) is 9.78 Å². The molecule has 0 saturated heterocycles. The van der Waals surface area contributed by atoms with Crippen LogP contribution in [0, 0.1) is 0 Å². The molecule has 1 aromatic carbocycles. The van der Waals surface area contributed by atoms with Crippen LogP contribution in [0.3, 0.4) is 0 Å². The smallest absolute Gasteiger partial charge is 0.254 e. The molecule has 0 bridgehead atoms. The molecule has 0 aliphatic heterocycles. The highest BCUT2D eigenvalue weighted by Gasteiger charge is 2.32. The van der Waals surface area contributed by atoms with Gasteiger partial charge < -0.3 is 4.90 Å². The summed E-state index contributed by atoms with van der Waals surface area (Å²) in [5, 5.41) is 1.84. The molecule has 98 valence electrons. The predicted octanol–water partition coefficient (Wildman–Crippen LogP) is 3.23. The number of pyridine rings is 1. The first-order valence-corrected chi connectivity index (χ1v) is 7.63. The number of amides is 1. The predicted molar refractivity (Wildman–Crippen MR) is 79.6 cm³/mol. The molecule has 0 radical (unpaired) electrons. The van der Waals surface area contributed by atoms with Crippen LogP contribution < -0.4 is 0 Å². The molecule has 0 spiro atoms. The largest absolute Gasteiger partial charge is 0.335 e. The minimum absolute atomic E-state index is 0.132. The summed E-state index contributed by atoms with van der Waals surface area (Å²) < 4.78 is 0. The monoisotopic (exact) mass is 318 g/mol. The van der Waals surface area contributed by atoms with Gasteiger partial charge in [-0.25, -0.2) is 0 Å². The molecule has 19 heavy (non-hydrogen) atoms. The Hall–Kier alpha value is -1.42. The van der Waals surface area contributed by atoms with Gasteiger partial charge in [-0.05, 0) is 37.1 Å². The van der Waals surface area contributed by atoms with Crippen LogP contribution >= 0.6 is 15.9 Å². The number of hydrogen-bond acceptors (Lipinski definition) is 2. The van der Waals surface area contributed by atoms with E-state index in [1.807, 2.05) is 35.2 Å². The molecule has 0 atom stereocenters. The van der Waals surface area contributed by atoms with Gasteiger partial charge in [0.2, 0.25) is 0 Å². The zero-order valence-corrected chi connectivity index (χ0v) is 12.1. The van der Waals surface area contributed by atoms with Crippen molar-refractivity contribution in [2.75, 3.05) is 11.9 Å². The van der Waals surface area contributed by atoms with Crippen LogP contribution in [0.25, 0.3) is 10.9 Å². The van der Waals surface area contributed by atoms with Crippen molar-refractivity contribution in [3.05, 3.63) is 42.1 Å². The highest BCUT2D eigenvalue weighted by molar-refractivity contribution is 9.09. The lowest BCUT2D eigenvalue weighted by Gasteiger charge is -2.21. The van der Waals surface area contributed by atoms with E-state index in [0.717, 1.165) is 41.2 Å². The van der Waals surface area contributed by atoms with Gasteiger partial charge in [0.15, 0.2) is 0 Å². The van der Waals surface area contributed by atoms with E-state index in [1.165, 1.54) is 0 Å². The van der Waals surface area contributed by atoms with Gasteiger partial charge in [0.1, 0.15) is 0 Å². The fraction of sp³-hybridized carbons (Fsp3) is 0.333. The van der Waals surface area contributed by atoms with Crippen molar-refractivity contribution in [2.45, 2.75) is 18.9 Å². The van der Waals surface area contributed by atoms with Gasteiger partial charge >= 0.3 is 0 Å². The summed E-state index contributed by atoms with van der Waals surface area (Å²) in [7, 11) is 0. The Balaban J connectivity index is 1.91. The number of halogens is 1. The molecule has 3 nitrogen and oxygen atoms in total. The molecule has 2 aromatic rings. The van der Waals surface area contributed by atoms with Gasteiger partial charge in [0.25, 0.3) is 5.91 Å². The average molecular weight is 319 g/mol. The van der Waals surface area contributed by atoms with E-state index in [9.17, 15) is 4.79 Å². The summed E-state index contributed by atoms with van der Waals surface area (Å²) in [6.45, 7) is 0.772. The maximum atomic E-state index is 12.5. The molecule has 1 aromatic heterocycles. The molecule has 0 N–H and O–H groups in total. The number of benzene rings is 1. The Morgan fingerprint density at radius 2 is 2.21 bits per heavy atom.